The van der Waals surface area contributed by atoms with Crippen molar-refractivity contribution in [2.24, 2.45) is 0 Å². The quantitative estimate of drug-likeness (QED) is 0.577. The predicted octanol–water partition coefficient (Wildman–Crippen LogP) is 1.12. The predicted molar refractivity (Wildman–Crippen MR) is 40.2 cm³/mol. The lowest BCUT2D eigenvalue weighted by Crippen LogP contribution is -2.29. The molecule has 0 spiro atoms. The van der Waals surface area contributed by atoms with Crippen LogP contribution in [0.25, 0.3) is 0 Å². The molecule has 1 aliphatic rings. The van der Waals surface area contributed by atoms with Gasteiger partial charge in [-0.25, -0.2) is 0 Å². The van der Waals surface area contributed by atoms with Crippen molar-refractivity contribution < 1.29 is 14.3 Å². The zero-order chi connectivity index (χ0) is 8.32. The van der Waals surface area contributed by atoms with E-state index in [2.05, 4.69) is 0 Å². The van der Waals surface area contributed by atoms with E-state index in [1.807, 2.05) is 13.8 Å². The third-order valence-electron chi connectivity index (χ3n) is 2.11. The topological polar surface area (TPSA) is 35.5 Å². The summed E-state index contributed by atoms with van der Waals surface area (Å²) in [5, 5.41) is 0. The summed E-state index contributed by atoms with van der Waals surface area (Å²) in [7, 11) is 0. The molecule has 0 saturated carbocycles. The summed E-state index contributed by atoms with van der Waals surface area (Å²) in [4.78, 5) is 10.3. The Morgan fingerprint density at radius 2 is 2.18 bits per heavy atom. The van der Waals surface area contributed by atoms with Gasteiger partial charge < -0.3 is 14.3 Å². The zero-order valence-corrected chi connectivity index (χ0v) is 7.00. The number of hydrogen-bond donors (Lipinski definition) is 0. The van der Waals surface area contributed by atoms with E-state index in [0.29, 0.717) is 6.61 Å². The fourth-order valence-corrected chi connectivity index (χ4v) is 1.27. The Hall–Kier alpha value is -0.410. The van der Waals surface area contributed by atoms with Gasteiger partial charge in [0.25, 0.3) is 0 Å². The highest BCUT2D eigenvalue weighted by atomic mass is 16.7. The van der Waals surface area contributed by atoms with Crippen LogP contribution in [0.5, 0.6) is 0 Å². The van der Waals surface area contributed by atoms with Gasteiger partial charge in [0.2, 0.25) is 0 Å². The first kappa shape index (κ1) is 8.68. The van der Waals surface area contributed by atoms with Crippen LogP contribution < -0.4 is 0 Å². The van der Waals surface area contributed by atoms with E-state index >= 15 is 0 Å². The molecule has 0 bridgehead atoms. The number of rotatable bonds is 3. The molecule has 0 N–H and O–H groups in total. The van der Waals surface area contributed by atoms with Gasteiger partial charge in [-0.15, -0.1) is 0 Å². The van der Waals surface area contributed by atoms with Crippen LogP contribution in [0.2, 0.25) is 0 Å². The Kier molecular flexibility index (Phi) is 2.62. The van der Waals surface area contributed by atoms with E-state index in [1.165, 1.54) is 0 Å². The maximum Gasteiger partial charge on any atom is 0.168 e. The normalized spacial score (nSPS) is 28.7. The molecule has 0 unspecified atom stereocenters. The van der Waals surface area contributed by atoms with Gasteiger partial charge in [0.1, 0.15) is 6.10 Å². The van der Waals surface area contributed by atoms with E-state index in [1.54, 1.807) is 0 Å². The Balaban J connectivity index is 2.54. The van der Waals surface area contributed by atoms with Gasteiger partial charge in [-0.05, 0) is 12.8 Å². The summed E-state index contributed by atoms with van der Waals surface area (Å²) in [6, 6.07) is 0. The van der Waals surface area contributed by atoms with Gasteiger partial charge in [-0.3, -0.25) is 0 Å². The number of aldehydes is 1. The molecule has 0 aliphatic carbocycles. The molecule has 11 heavy (non-hydrogen) atoms. The molecule has 0 radical (unpaired) electrons. The first-order valence-corrected chi connectivity index (χ1v) is 4.03. The van der Waals surface area contributed by atoms with Gasteiger partial charge >= 0.3 is 0 Å². The molecular weight excluding hydrogens is 144 g/mol. The van der Waals surface area contributed by atoms with E-state index in [4.69, 9.17) is 9.47 Å². The van der Waals surface area contributed by atoms with E-state index in [9.17, 15) is 4.79 Å². The highest BCUT2D eigenvalue weighted by Gasteiger charge is 2.37. The van der Waals surface area contributed by atoms with Crippen LogP contribution in [0.1, 0.15) is 26.7 Å². The van der Waals surface area contributed by atoms with Crippen LogP contribution >= 0.6 is 0 Å². The van der Waals surface area contributed by atoms with Crippen molar-refractivity contribution in [2.45, 2.75) is 38.6 Å². The van der Waals surface area contributed by atoms with Gasteiger partial charge in [0.05, 0.1) is 6.61 Å². The van der Waals surface area contributed by atoms with Crippen molar-refractivity contribution >= 4 is 6.29 Å². The van der Waals surface area contributed by atoms with E-state index in [-0.39, 0.29) is 6.10 Å². The average Bonchev–Trinajstić information content (AvgIpc) is 2.49. The van der Waals surface area contributed by atoms with Crippen molar-refractivity contribution in [3.8, 4) is 0 Å². The summed E-state index contributed by atoms with van der Waals surface area (Å²) in [6.07, 6.45) is 2.05. The molecule has 1 heterocycles. The zero-order valence-electron chi connectivity index (χ0n) is 7.00. The lowest BCUT2D eigenvalue weighted by molar-refractivity contribution is -0.172. The van der Waals surface area contributed by atoms with E-state index in [0.717, 1.165) is 19.1 Å². The minimum absolute atomic E-state index is 0.352. The highest BCUT2D eigenvalue weighted by Crippen LogP contribution is 2.29. The van der Waals surface area contributed by atoms with Gasteiger partial charge in [-0.2, -0.15) is 0 Å². The van der Waals surface area contributed by atoms with Crippen LogP contribution in [-0.4, -0.2) is 24.8 Å². The highest BCUT2D eigenvalue weighted by molar-refractivity contribution is 5.56. The van der Waals surface area contributed by atoms with Gasteiger partial charge in [0, 0.05) is 0 Å². The Labute approximate surface area is 66.7 Å². The maximum atomic E-state index is 10.3. The number of carbonyl (C=O) groups is 1. The fraction of sp³-hybridized carbons (Fsp3) is 0.875. The molecule has 1 rings (SSSR count). The van der Waals surface area contributed by atoms with Crippen LogP contribution in [0.15, 0.2) is 0 Å². The lowest BCUT2D eigenvalue weighted by atomic mass is 10.1. The van der Waals surface area contributed by atoms with Crippen LogP contribution in [0, 0.1) is 0 Å². The summed E-state index contributed by atoms with van der Waals surface area (Å²) in [5.41, 5.74) is 0. The monoisotopic (exact) mass is 158 g/mol. The molecule has 0 amide bonds. The van der Waals surface area contributed by atoms with Crippen molar-refractivity contribution in [1.82, 2.24) is 0 Å². The number of ether oxygens (including phenoxy) is 2. The molecule has 1 atom stereocenters. The summed E-state index contributed by atoms with van der Waals surface area (Å²) < 4.78 is 10.8. The second-order valence-corrected chi connectivity index (χ2v) is 2.72. The van der Waals surface area contributed by atoms with Crippen molar-refractivity contribution in [2.75, 3.05) is 6.61 Å². The first-order valence-electron chi connectivity index (χ1n) is 4.03. The summed E-state index contributed by atoms with van der Waals surface area (Å²) in [5.74, 6) is -0.481. The largest absolute Gasteiger partial charge is 0.347 e. The maximum absolute atomic E-state index is 10.3. The first-order chi connectivity index (χ1) is 5.26. The van der Waals surface area contributed by atoms with Crippen LogP contribution in [0.3, 0.4) is 0 Å². The van der Waals surface area contributed by atoms with Crippen LogP contribution in [0.4, 0.5) is 0 Å². The molecule has 1 saturated heterocycles. The summed E-state index contributed by atoms with van der Waals surface area (Å²) >= 11 is 0. The third kappa shape index (κ3) is 1.60. The Bertz CT molecular complexity index is 140. The van der Waals surface area contributed by atoms with Gasteiger partial charge in [-0.1, -0.05) is 13.8 Å². The lowest BCUT2D eigenvalue weighted by Gasteiger charge is -2.23. The molecule has 3 heteroatoms. The van der Waals surface area contributed by atoms with Crippen molar-refractivity contribution in [3.63, 3.8) is 0 Å². The smallest absolute Gasteiger partial charge is 0.168 e. The molecule has 0 aromatic rings. The van der Waals surface area contributed by atoms with Crippen molar-refractivity contribution in [3.05, 3.63) is 0 Å². The average molecular weight is 158 g/mol. The number of hydrogen-bond acceptors (Lipinski definition) is 3. The second kappa shape index (κ2) is 3.32. The minimum Gasteiger partial charge on any atom is -0.347 e. The molecule has 3 nitrogen and oxygen atoms in total. The fourth-order valence-electron chi connectivity index (χ4n) is 1.27. The molecule has 0 aromatic carbocycles. The Morgan fingerprint density at radius 3 is 2.45 bits per heavy atom. The van der Waals surface area contributed by atoms with E-state index < -0.39 is 5.79 Å². The second-order valence-electron chi connectivity index (χ2n) is 2.72. The van der Waals surface area contributed by atoms with Gasteiger partial charge in [0.15, 0.2) is 12.1 Å². The SMILES string of the molecule is CCC1(CC)OC[C@@H](C=O)O1. The van der Waals surface area contributed by atoms with Crippen molar-refractivity contribution in [1.29, 1.82) is 0 Å². The Morgan fingerprint density at radius 1 is 1.55 bits per heavy atom. The van der Waals surface area contributed by atoms with Crippen LogP contribution in [-0.2, 0) is 14.3 Å². The molecule has 64 valence electrons. The number of carbonyl (C=O) groups excluding carboxylic acids is 1. The molecule has 1 fully saturated rings. The summed E-state index contributed by atoms with van der Waals surface area (Å²) in [6.45, 7) is 4.40. The standard InChI is InChI=1S/C8H14O3/c1-3-8(4-2)10-6-7(5-9)11-8/h5,7H,3-4,6H2,1-2H3/t7-/m1/s1. The molecule has 0 aromatic heterocycles. The third-order valence-corrected chi connectivity index (χ3v) is 2.11. The molecule has 1 aliphatic heterocycles. The minimum atomic E-state index is -0.481. The molecular formula is C8H14O3.